The Hall–Kier alpha value is -4.12. The molecule has 4 aromatic rings. The molecule has 1 aromatic carbocycles. The number of nitrogens with zero attached hydrogens (tertiary/aromatic N) is 5. The average molecular weight is 500 g/mol. The Kier molecular flexibility index (Phi) is 7.16. The second-order valence-corrected chi connectivity index (χ2v) is 7.97. The highest BCUT2D eigenvalue weighted by molar-refractivity contribution is 6.30. The van der Waals surface area contributed by atoms with Gasteiger partial charge in [-0.05, 0) is 42.0 Å². The topological polar surface area (TPSA) is 112 Å². The first-order chi connectivity index (χ1) is 16.8. The van der Waals surface area contributed by atoms with Crippen LogP contribution < -0.4 is 15.4 Å². The summed E-state index contributed by atoms with van der Waals surface area (Å²) >= 11 is 6.10. The molecule has 0 atom stereocenters. The number of aromatic nitrogens is 5. The molecule has 0 saturated carbocycles. The number of amides is 1. The number of alkyl halides is 2. The summed E-state index contributed by atoms with van der Waals surface area (Å²) in [5.74, 6) is -3.83. The second kappa shape index (κ2) is 10.4. The molecule has 0 bridgehead atoms. The molecule has 2 N–H and O–H groups in total. The fourth-order valence-electron chi connectivity index (χ4n) is 3.35. The summed E-state index contributed by atoms with van der Waals surface area (Å²) in [6, 6.07) is 13.7. The van der Waals surface area contributed by atoms with Gasteiger partial charge in [0.15, 0.2) is 6.54 Å². The maximum Gasteiger partial charge on any atom is 0.325 e. The highest BCUT2D eigenvalue weighted by Gasteiger charge is 2.35. The van der Waals surface area contributed by atoms with E-state index in [1.165, 1.54) is 55.2 Å². The minimum Gasteiger partial charge on any atom is -0.710 e. The van der Waals surface area contributed by atoms with E-state index in [0.29, 0.717) is 21.0 Å². The summed E-state index contributed by atoms with van der Waals surface area (Å²) in [6.07, 6.45) is 3.92. The van der Waals surface area contributed by atoms with Crippen molar-refractivity contribution in [2.24, 2.45) is 0 Å². The van der Waals surface area contributed by atoms with Crippen molar-refractivity contribution >= 4 is 23.3 Å². The van der Waals surface area contributed by atoms with E-state index >= 15 is 0 Å². The molecule has 0 aliphatic carbocycles. The Labute approximate surface area is 204 Å². The van der Waals surface area contributed by atoms with Gasteiger partial charge >= 0.3 is 5.92 Å². The zero-order chi connectivity index (χ0) is 24.8. The van der Waals surface area contributed by atoms with Gasteiger partial charge in [0.05, 0.1) is 12.1 Å². The van der Waals surface area contributed by atoms with Crippen molar-refractivity contribution in [1.29, 1.82) is 0 Å². The molecule has 35 heavy (non-hydrogen) atoms. The molecule has 0 fully saturated rings. The van der Waals surface area contributed by atoms with Crippen molar-refractivity contribution in [2.75, 3.05) is 11.9 Å². The third kappa shape index (κ3) is 5.87. The van der Waals surface area contributed by atoms with Gasteiger partial charge in [-0.2, -0.15) is 13.9 Å². The molecule has 180 valence electrons. The molecule has 0 aliphatic rings. The van der Waals surface area contributed by atoms with Gasteiger partial charge in [-0.25, -0.2) is 14.4 Å². The molecule has 0 spiro atoms. The van der Waals surface area contributed by atoms with Gasteiger partial charge in [0.2, 0.25) is 5.91 Å². The Morgan fingerprint density at radius 2 is 2.03 bits per heavy atom. The van der Waals surface area contributed by atoms with Crippen molar-refractivity contribution in [3.63, 3.8) is 0 Å². The van der Waals surface area contributed by atoms with Crippen LogP contribution in [0.25, 0.3) is 5.69 Å². The fourth-order valence-corrected chi connectivity index (χ4v) is 3.54. The lowest BCUT2D eigenvalue weighted by Crippen LogP contribution is -2.40. The van der Waals surface area contributed by atoms with E-state index in [1.807, 2.05) is 0 Å². The first-order valence-corrected chi connectivity index (χ1v) is 10.9. The van der Waals surface area contributed by atoms with Gasteiger partial charge in [-0.3, -0.25) is 15.1 Å². The third-order valence-corrected chi connectivity index (χ3v) is 5.31. The molecule has 3 heterocycles. The summed E-state index contributed by atoms with van der Waals surface area (Å²) in [7, 11) is 0. The summed E-state index contributed by atoms with van der Waals surface area (Å²) in [4.78, 5) is 20.1. The number of nitrogens with one attached hydrogen (secondary N) is 2. The number of hydrogen-bond acceptors (Lipinski definition) is 6. The van der Waals surface area contributed by atoms with Crippen molar-refractivity contribution in [3.05, 3.63) is 101 Å². The van der Waals surface area contributed by atoms with Crippen molar-refractivity contribution in [1.82, 2.24) is 25.1 Å². The van der Waals surface area contributed by atoms with Crippen LogP contribution in [-0.4, -0.2) is 32.2 Å². The lowest BCUT2D eigenvalue weighted by Gasteiger charge is -2.17. The van der Waals surface area contributed by atoms with Crippen molar-refractivity contribution in [2.45, 2.75) is 18.9 Å². The summed E-state index contributed by atoms with van der Waals surface area (Å²) < 4.78 is 30.7. The highest BCUT2D eigenvalue weighted by Crippen LogP contribution is 2.26. The Bertz CT molecular complexity index is 1300. The van der Waals surface area contributed by atoms with Crippen LogP contribution in [0.4, 0.5) is 14.6 Å². The molecule has 0 unspecified atom stereocenters. The molecular weight excluding hydrogens is 480 g/mol. The Morgan fingerprint density at radius 1 is 1.17 bits per heavy atom. The monoisotopic (exact) mass is 499 g/mol. The number of rotatable bonds is 9. The summed E-state index contributed by atoms with van der Waals surface area (Å²) in [6.45, 7) is -0.705. The number of benzene rings is 1. The zero-order valence-corrected chi connectivity index (χ0v) is 19.0. The van der Waals surface area contributed by atoms with Gasteiger partial charge in [-0.1, -0.05) is 23.7 Å². The van der Waals surface area contributed by atoms with Crippen LogP contribution in [0.3, 0.4) is 0 Å². The fraction of sp³-hybridized carbons (Fsp3) is 0.174. The van der Waals surface area contributed by atoms with Crippen LogP contribution in [0.2, 0.25) is 5.02 Å². The average Bonchev–Trinajstić information content (AvgIpc) is 3.39. The number of anilines is 1. The smallest absolute Gasteiger partial charge is 0.325 e. The largest absolute Gasteiger partial charge is 0.710 e. The lowest BCUT2D eigenvalue weighted by molar-refractivity contribution is -0.598. The Morgan fingerprint density at radius 3 is 2.77 bits per heavy atom. The third-order valence-electron chi connectivity index (χ3n) is 5.08. The lowest BCUT2D eigenvalue weighted by atomic mass is 10.1. The number of pyridine rings is 2. The normalized spacial score (nSPS) is 11.3. The Balaban J connectivity index is 1.40. The standard InChI is InChI=1S/C23H20ClF2N7O2/c24-17-7-8-19(32-15-27-14-31-32)16(10-17)12-29-22(34)11-18-4-3-6-21(33(18)35)30-13-23(25,26)20-5-1-2-9-28-20/h1-10,14-15,30H,11-13H2,(H,29,34). The van der Waals surface area contributed by atoms with Crippen LogP contribution >= 0.6 is 11.6 Å². The number of carbonyl (C=O) groups is 1. The predicted molar refractivity (Wildman–Crippen MR) is 124 cm³/mol. The zero-order valence-electron chi connectivity index (χ0n) is 18.2. The van der Waals surface area contributed by atoms with Crippen LogP contribution in [0.15, 0.2) is 73.4 Å². The molecule has 0 saturated heterocycles. The summed E-state index contributed by atoms with van der Waals surface area (Å²) in [5.41, 5.74) is 1.06. The highest BCUT2D eigenvalue weighted by atomic mass is 35.5. The van der Waals surface area contributed by atoms with Gasteiger partial charge < -0.3 is 10.5 Å². The molecule has 3 aromatic heterocycles. The molecule has 9 nitrogen and oxygen atoms in total. The first kappa shape index (κ1) is 24.0. The minimum atomic E-state index is -3.29. The van der Waals surface area contributed by atoms with Gasteiger partial charge in [0.1, 0.15) is 24.0 Å². The van der Waals surface area contributed by atoms with Crippen LogP contribution in [0.1, 0.15) is 17.0 Å². The van der Waals surface area contributed by atoms with Crippen LogP contribution in [0, 0.1) is 5.21 Å². The molecule has 4 rings (SSSR count). The molecule has 0 aliphatic heterocycles. The molecular formula is C23H20ClF2N7O2. The number of halogens is 3. The van der Waals surface area contributed by atoms with Crippen LogP contribution in [-0.2, 0) is 23.7 Å². The SMILES string of the molecule is O=C(Cc1cccc(NCC(F)(F)c2ccccn2)[n+]1[O-])NCc1cc(Cl)ccc1-n1cncn1. The molecule has 0 radical (unpaired) electrons. The van der Waals surface area contributed by atoms with E-state index < -0.39 is 24.1 Å². The second-order valence-electron chi connectivity index (χ2n) is 7.54. The van der Waals surface area contributed by atoms with Gasteiger partial charge in [0, 0.05) is 23.8 Å². The molecule has 1 amide bonds. The van der Waals surface area contributed by atoms with E-state index in [2.05, 4.69) is 25.7 Å². The van der Waals surface area contributed by atoms with Crippen molar-refractivity contribution < 1.29 is 18.3 Å². The van der Waals surface area contributed by atoms with E-state index in [9.17, 15) is 18.8 Å². The van der Waals surface area contributed by atoms with E-state index in [-0.39, 0.29) is 24.5 Å². The number of hydrogen-bond donors (Lipinski definition) is 2. The summed E-state index contributed by atoms with van der Waals surface area (Å²) in [5, 5.41) is 22.4. The maximum atomic E-state index is 14.4. The van der Waals surface area contributed by atoms with E-state index in [0.717, 1.165) is 0 Å². The predicted octanol–water partition coefficient (Wildman–Crippen LogP) is 3.01. The van der Waals surface area contributed by atoms with E-state index in [4.69, 9.17) is 11.6 Å². The van der Waals surface area contributed by atoms with Crippen LogP contribution in [0.5, 0.6) is 0 Å². The first-order valence-electron chi connectivity index (χ1n) is 10.5. The van der Waals surface area contributed by atoms with Crippen molar-refractivity contribution in [3.8, 4) is 5.69 Å². The molecule has 12 heteroatoms. The maximum absolute atomic E-state index is 14.4. The van der Waals surface area contributed by atoms with Gasteiger partial charge in [-0.15, -0.1) is 0 Å². The number of carbonyl (C=O) groups excluding carboxylic acids is 1. The van der Waals surface area contributed by atoms with E-state index in [1.54, 1.807) is 22.9 Å². The quantitative estimate of drug-likeness (QED) is 0.270. The minimum absolute atomic E-state index is 0.0937. The van der Waals surface area contributed by atoms with Gasteiger partial charge in [0.25, 0.3) is 5.82 Å².